The zero-order valence-electron chi connectivity index (χ0n) is 6.11. The fourth-order valence-electron chi connectivity index (χ4n) is 0.902. The van der Waals surface area contributed by atoms with E-state index in [1.54, 1.807) is 6.92 Å². The van der Waals surface area contributed by atoms with Crippen molar-refractivity contribution in [1.82, 2.24) is 14.8 Å². The average Bonchev–Trinajstić information content (AvgIpc) is 2.48. The second-order valence-corrected chi connectivity index (χ2v) is 2.63. The molecule has 2 aromatic rings. The Hall–Kier alpha value is -1.36. The minimum atomic E-state index is -0.484. The highest BCUT2D eigenvalue weighted by Crippen LogP contribution is 2.12. The van der Waals surface area contributed by atoms with Crippen LogP contribution in [0.3, 0.4) is 0 Å². The Bertz CT molecular complexity index is 487. The van der Waals surface area contributed by atoms with Crippen LogP contribution < -0.4 is 5.63 Å². The predicted molar refractivity (Wildman–Crippen MR) is 41.3 cm³/mol. The summed E-state index contributed by atoms with van der Waals surface area (Å²) in [6, 6.07) is 0. The molecule has 0 saturated carbocycles. The Morgan fingerprint density at radius 3 is 3.17 bits per heavy atom. The van der Waals surface area contributed by atoms with E-state index in [-0.39, 0.29) is 10.7 Å². The molecule has 0 radical (unpaired) electrons. The third kappa shape index (κ3) is 0.831. The van der Waals surface area contributed by atoms with E-state index in [2.05, 4.69) is 10.3 Å². The number of aryl methyl sites for hydroxylation is 1. The van der Waals surface area contributed by atoms with Gasteiger partial charge in [0.2, 0.25) is 0 Å². The van der Waals surface area contributed by atoms with Gasteiger partial charge in [0, 0.05) is 0 Å². The monoisotopic (exact) mass is 185 g/mol. The first-order valence-electron chi connectivity index (χ1n) is 3.20. The summed E-state index contributed by atoms with van der Waals surface area (Å²) in [5, 5.41) is 7.41. The minimum Gasteiger partial charge on any atom is -0.423 e. The van der Waals surface area contributed by atoms with Gasteiger partial charge in [0.1, 0.15) is 5.76 Å². The molecule has 0 aliphatic heterocycles. The van der Waals surface area contributed by atoms with Crippen LogP contribution in [0.1, 0.15) is 5.76 Å². The van der Waals surface area contributed by atoms with Crippen LogP contribution in [0.4, 0.5) is 0 Å². The molecule has 62 valence electrons. The van der Waals surface area contributed by atoms with E-state index >= 15 is 0 Å². The standard InChI is InChI=1S/C6H4ClN3O2/c1-3-5(7)10-4(2-8-9-10)6(11)12-3/h2H,1H3. The Kier molecular flexibility index (Phi) is 1.41. The van der Waals surface area contributed by atoms with Crippen molar-refractivity contribution in [1.29, 1.82) is 0 Å². The molecular weight excluding hydrogens is 182 g/mol. The number of hydrogen-bond acceptors (Lipinski definition) is 4. The van der Waals surface area contributed by atoms with Gasteiger partial charge in [-0.3, -0.25) is 0 Å². The molecule has 12 heavy (non-hydrogen) atoms. The summed E-state index contributed by atoms with van der Waals surface area (Å²) in [6.45, 7) is 1.59. The van der Waals surface area contributed by atoms with Crippen LogP contribution in [-0.2, 0) is 0 Å². The highest BCUT2D eigenvalue weighted by Gasteiger charge is 2.08. The van der Waals surface area contributed by atoms with Gasteiger partial charge in [0.25, 0.3) is 0 Å². The summed E-state index contributed by atoms with van der Waals surface area (Å²) in [6.07, 6.45) is 1.30. The maximum absolute atomic E-state index is 11.1. The first kappa shape index (κ1) is 7.30. The minimum absolute atomic E-state index is 0.241. The van der Waals surface area contributed by atoms with Gasteiger partial charge in [-0.15, -0.1) is 5.10 Å². The average molecular weight is 186 g/mol. The summed E-state index contributed by atoms with van der Waals surface area (Å²) in [4.78, 5) is 11.1. The topological polar surface area (TPSA) is 60.4 Å². The van der Waals surface area contributed by atoms with E-state index in [4.69, 9.17) is 16.0 Å². The quantitative estimate of drug-likeness (QED) is 0.605. The summed E-state index contributed by atoms with van der Waals surface area (Å²) < 4.78 is 6.03. The highest BCUT2D eigenvalue weighted by molar-refractivity contribution is 6.30. The van der Waals surface area contributed by atoms with Gasteiger partial charge in [0.15, 0.2) is 10.7 Å². The fraction of sp³-hybridized carbons (Fsp3) is 0.167. The van der Waals surface area contributed by atoms with Crippen molar-refractivity contribution in [2.75, 3.05) is 0 Å². The van der Waals surface area contributed by atoms with E-state index in [1.165, 1.54) is 10.7 Å². The van der Waals surface area contributed by atoms with Crippen LogP contribution in [0.2, 0.25) is 5.15 Å². The van der Waals surface area contributed by atoms with E-state index in [0.29, 0.717) is 5.76 Å². The molecular formula is C6H4ClN3O2. The molecule has 0 fully saturated rings. The molecule has 0 amide bonds. The highest BCUT2D eigenvalue weighted by atomic mass is 35.5. The molecule has 6 heteroatoms. The Morgan fingerprint density at radius 2 is 2.42 bits per heavy atom. The third-order valence-electron chi connectivity index (χ3n) is 1.48. The molecule has 0 saturated heterocycles. The van der Waals surface area contributed by atoms with Gasteiger partial charge in [0.05, 0.1) is 6.20 Å². The Balaban J connectivity index is 3.07. The maximum Gasteiger partial charge on any atom is 0.363 e. The number of aromatic nitrogens is 3. The maximum atomic E-state index is 11.1. The molecule has 0 N–H and O–H groups in total. The summed E-state index contributed by atoms with van der Waals surface area (Å²) in [5.41, 5.74) is -0.243. The fourth-order valence-corrected chi connectivity index (χ4v) is 1.07. The van der Waals surface area contributed by atoms with Crippen LogP contribution in [0, 0.1) is 6.92 Å². The van der Waals surface area contributed by atoms with E-state index in [9.17, 15) is 4.79 Å². The van der Waals surface area contributed by atoms with Gasteiger partial charge < -0.3 is 4.42 Å². The van der Waals surface area contributed by atoms with Crippen molar-refractivity contribution in [3.63, 3.8) is 0 Å². The van der Waals surface area contributed by atoms with Gasteiger partial charge in [-0.2, -0.15) is 4.52 Å². The van der Waals surface area contributed by atoms with Crippen LogP contribution >= 0.6 is 11.6 Å². The number of nitrogens with zero attached hydrogens (tertiary/aromatic N) is 3. The van der Waals surface area contributed by atoms with Crippen molar-refractivity contribution < 1.29 is 4.42 Å². The molecule has 0 unspecified atom stereocenters. The van der Waals surface area contributed by atoms with Crippen LogP contribution in [0.15, 0.2) is 15.4 Å². The molecule has 0 aliphatic carbocycles. The molecule has 0 atom stereocenters. The molecule has 0 bridgehead atoms. The van der Waals surface area contributed by atoms with Crippen molar-refractivity contribution in [2.24, 2.45) is 0 Å². The smallest absolute Gasteiger partial charge is 0.363 e. The van der Waals surface area contributed by atoms with E-state index in [1.807, 2.05) is 0 Å². The van der Waals surface area contributed by atoms with Crippen molar-refractivity contribution in [2.45, 2.75) is 6.92 Å². The first-order valence-corrected chi connectivity index (χ1v) is 3.57. The lowest BCUT2D eigenvalue weighted by atomic mass is 10.5. The molecule has 0 aliphatic rings. The van der Waals surface area contributed by atoms with Crippen molar-refractivity contribution in [3.05, 3.63) is 27.5 Å². The number of hydrogen-bond donors (Lipinski definition) is 0. The third-order valence-corrected chi connectivity index (χ3v) is 1.91. The second-order valence-electron chi connectivity index (χ2n) is 2.27. The number of fused-ring (bicyclic) bond motifs is 1. The van der Waals surface area contributed by atoms with Gasteiger partial charge >= 0.3 is 5.63 Å². The molecule has 2 heterocycles. The lowest BCUT2D eigenvalue weighted by Crippen LogP contribution is -2.06. The van der Waals surface area contributed by atoms with Crippen LogP contribution in [0.5, 0.6) is 0 Å². The SMILES string of the molecule is Cc1oc(=O)c2cnnn2c1Cl. The first-order chi connectivity index (χ1) is 5.70. The summed E-state index contributed by atoms with van der Waals surface area (Å²) in [7, 11) is 0. The zero-order valence-corrected chi connectivity index (χ0v) is 6.87. The van der Waals surface area contributed by atoms with E-state index in [0.717, 1.165) is 0 Å². The zero-order chi connectivity index (χ0) is 8.72. The largest absolute Gasteiger partial charge is 0.423 e. The van der Waals surface area contributed by atoms with Crippen molar-refractivity contribution >= 4 is 17.1 Å². The molecule has 0 aromatic carbocycles. The lowest BCUT2D eigenvalue weighted by Gasteiger charge is -1.96. The second kappa shape index (κ2) is 2.31. The van der Waals surface area contributed by atoms with Gasteiger partial charge in [-0.05, 0) is 6.92 Å². The van der Waals surface area contributed by atoms with Gasteiger partial charge in [-0.1, -0.05) is 16.8 Å². The molecule has 2 rings (SSSR count). The normalized spacial score (nSPS) is 10.8. The lowest BCUT2D eigenvalue weighted by molar-refractivity contribution is 0.475. The molecule has 0 spiro atoms. The molecule has 5 nitrogen and oxygen atoms in total. The van der Waals surface area contributed by atoms with Crippen LogP contribution in [-0.4, -0.2) is 14.8 Å². The van der Waals surface area contributed by atoms with Gasteiger partial charge in [-0.25, -0.2) is 4.79 Å². The Morgan fingerprint density at radius 1 is 1.67 bits per heavy atom. The summed E-state index contributed by atoms with van der Waals surface area (Å²) >= 11 is 5.77. The van der Waals surface area contributed by atoms with Crippen LogP contribution in [0.25, 0.3) is 5.52 Å². The number of halogens is 1. The predicted octanol–water partition coefficient (Wildman–Crippen LogP) is 0.644. The number of rotatable bonds is 0. The Labute approximate surface area is 71.6 Å². The molecule has 2 aromatic heterocycles. The van der Waals surface area contributed by atoms with E-state index < -0.39 is 5.63 Å². The summed E-state index contributed by atoms with van der Waals surface area (Å²) in [5.74, 6) is 0.333. The van der Waals surface area contributed by atoms with Crippen molar-refractivity contribution in [3.8, 4) is 0 Å².